The maximum atomic E-state index is 6.11. The summed E-state index contributed by atoms with van der Waals surface area (Å²) in [6.45, 7) is 0. The smallest absolute Gasteiger partial charge is 0.0275 e. The maximum Gasteiger partial charge on any atom is 0.0275 e. The first-order valence-corrected chi connectivity index (χ1v) is 9.28. The highest BCUT2D eigenvalue weighted by molar-refractivity contribution is 5.05. The Morgan fingerprint density at radius 2 is 1.35 bits per heavy atom. The standard InChI is InChI=1S/C18H30N2/c19-20-18(16-9-10-1-2-13(16)4-10)17-14-5-11-3-12(7-14)8-15(17)6-11/h10-18,20H,1-9,19H2. The summed E-state index contributed by atoms with van der Waals surface area (Å²) in [5.74, 6) is 14.2. The van der Waals surface area contributed by atoms with Crippen LogP contribution >= 0.6 is 0 Å². The predicted molar refractivity (Wildman–Crippen MR) is 80.6 cm³/mol. The van der Waals surface area contributed by atoms with E-state index >= 15 is 0 Å². The molecule has 0 aliphatic heterocycles. The molecule has 0 radical (unpaired) electrons. The Kier molecular flexibility index (Phi) is 2.78. The van der Waals surface area contributed by atoms with Gasteiger partial charge in [0.1, 0.15) is 0 Å². The number of fused-ring (bicyclic) bond motifs is 2. The van der Waals surface area contributed by atoms with Crippen molar-refractivity contribution in [3.8, 4) is 0 Å². The van der Waals surface area contributed by atoms with Crippen molar-refractivity contribution in [3.63, 3.8) is 0 Å². The molecule has 4 atom stereocenters. The average molecular weight is 274 g/mol. The molecule has 2 nitrogen and oxygen atoms in total. The SMILES string of the molecule is NNC(C1CC2CCC1C2)C1C2CC3CC(C2)CC1C3. The van der Waals surface area contributed by atoms with E-state index in [-0.39, 0.29) is 0 Å². The molecule has 2 heteroatoms. The number of rotatable bonds is 3. The molecule has 6 saturated carbocycles. The molecule has 6 fully saturated rings. The van der Waals surface area contributed by atoms with E-state index in [4.69, 9.17) is 5.84 Å². The van der Waals surface area contributed by atoms with E-state index in [9.17, 15) is 0 Å². The van der Waals surface area contributed by atoms with Crippen LogP contribution in [0.15, 0.2) is 0 Å². The topological polar surface area (TPSA) is 38.0 Å². The van der Waals surface area contributed by atoms with E-state index in [1.807, 2.05) is 0 Å². The fraction of sp³-hybridized carbons (Fsp3) is 1.00. The maximum absolute atomic E-state index is 6.11. The van der Waals surface area contributed by atoms with Crippen LogP contribution in [0.2, 0.25) is 0 Å². The van der Waals surface area contributed by atoms with Crippen molar-refractivity contribution in [1.29, 1.82) is 0 Å². The van der Waals surface area contributed by atoms with E-state index in [2.05, 4.69) is 5.43 Å². The average Bonchev–Trinajstić information content (AvgIpc) is 3.04. The van der Waals surface area contributed by atoms with Crippen molar-refractivity contribution in [2.24, 2.45) is 53.2 Å². The van der Waals surface area contributed by atoms with Gasteiger partial charge in [-0.1, -0.05) is 6.42 Å². The summed E-state index contributed by atoms with van der Waals surface area (Å²) in [7, 11) is 0. The number of hydrogen-bond donors (Lipinski definition) is 2. The number of hydrogen-bond acceptors (Lipinski definition) is 2. The molecule has 20 heavy (non-hydrogen) atoms. The van der Waals surface area contributed by atoms with Gasteiger partial charge in [0.05, 0.1) is 0 Å². The van der Waals surface area contributed by atoms with Crippen LogP contribution in [0.4, 0.5) is 0 Å². The van der Waals surface area contributed by atoms with Gasteiger partial charge < -0.3 is 0 Å². The van der Waals surface area contributed by atoms with Gasteiger partial charge in [0.25, 0.3) is 0 Å². The molecule has 0 amide bonds. The lowest BCUT2D eigenvalue weighted by Gasteiger charge is -2.57. The van der Waals surface area contributed by atoms with Crippen LogP contribution in [0.5, 0.6) is 0 Å². The highest BCUT2D eigenvalue weighted by Crippen LogP contribution is 2.60. The summed E-state index contributed by atoms with van der Waals surface area (Å²) in [5.41, 5.74) is 3.36. The molecule has 0 aromatic rings. The van der Waals surface area contributed by atoms with Crippen molar-refractivity contribution >= 4 is 0 Å². The Bertz CT molecular complexity index is 365. The van der Waals surface area contributed by atoms with Crippen LogP contribution in [-0.4, -0.2) is 6.04 Å². The Morgan fingerprint density at radius 1 is 0.700 bits per heavy atom. The van der Waals surface area contributed by atoms with E-state index in [0.717, 1.165) is 47.3 Å². The molecule has 6 aliphatic rings. The molecule has 0 saturated heterocycles. The molecule has 112 valence electrons. The Hall–Kier alpha value is -0.0800. The van der Waals surface area contributed by atoms with E-state index < -0.39 is 0 Å². The minimum absolute atomic E-state index is 0.653. The number of hydrazine groups is 1. The molecule has 0 aromatic carbocycles. The summed E-state index contributed by atoms with van der Waals surface area (Å²) in [5, 5.41) is 0. The van der Waals surface area contributed by atoms with Crippen LogP contribution in [0.1, 0.15) is 57.8 Å². The first-order chi connectivity index (χ1) is 9.81. The lowest BCUT2D eigenvalue weighted by Crippen LogP contribution is -2.57. The minimum Gasteiger partial charge on any atom is -0.271 e. The van der Waals surface area contributed by atoms with E-state index in [1.54, 1.807) is 6.42 Å². The zero-order valence-electron chi connectivity index (χ0n) is 12.6. The molecule has 6 bridgehead atoms. The molecular formula is C18H30N2. The van der Waals surface area contributed by atoms with Crippen molar-refractivity contribution in [2.75, 3.05) is 0 Å². The van der Waals surface area contributed by atoms with Gasteiger partial charge >= 0.3 is 0 Å². The summed E-state index contributed by atoms with van der Waals surface area (Å²) in [6, 6.07) is 0.653. The van der Waals surface area contributed by atoms with Crippen LogP contribution in [-0.2, 0) is 0 Å². The molecule has 0 heterocycles. The van der Waals surface area contributed by atoms with E-state index in [1.165, 1.54) is 51.4 Å². The summed E-state index contributed by atoms with van der Waals surface area (Å²) < 4.78 is 0. The molecule has 6 rings (SSSR count). The Labute approximate surface area is 123 Å². The third-order valence-electron chi connectivity index (χ3n) is 8.16. The van der Waals surface area contributed by atoms with Gasteiger partial charge in [-0.15, -0.1) is 0 Å². The van der Waals surface area contributed by atoms with Gasteiger partial charge in [-0.25, -0.2) is 0 Å². The zero-order valence-corrected chi connectivity index (χ0v) is 12.6. The first-order valence-electron chi connectivity index (χ1n) is 9.28. The molecular weight excluding hydrogens is 244 g/mol. The second-order valence-electron chi connectivity index (χ2n) is 9.04. The first kappa shape index (κ1) is 12.5. The second-order valence-corrected chi connectivity index (χ2v) is 9.04. The van der Waals surface area contributed by atoms with Crippen molar-refractivity contribution in [2.45, 2.75) is 63.8 Å². The van der Waals surface area contributed by atoms with Gasteiger partial charge in [-0.2, -0.15) is 0 Å². The van der Waals surface area contributed by atoms with Gasteiger partial charge in [0.15, 0.2) is 0 Å². The van der Waals surface area contributed by atoms with Crippen molar-refractivity contribution in [1.82, 2.24) is 5.43 Å². The Morgan fingerprint density at radius 3 is 1.85 bits per heavy atom. The fourth-order valence-electron chi connectivity index (χ4n) is 7.81. The molecule has 6 aliphatic carbocycles. The molecule has 0 aromatic heterocycles. The monoisotopic (exact) mass is 274 g/mol. The normalized spacial score (nSPS) is 57.5. The molecule has 3 N–H and O–H groups in total. The number of nitrogens with one attached hydrogen (secondary N) is 1. The zero-order chi connectivity index (χ0) is 13.3. The van der Waals surface area contributed by atoms with Gasteiger partial charge in [0.2, 0.25) is 0 Å². The molecule has 0 spiro atoms. The lowest BCUT2D eigenvalue weighted by molar-refractivity contribution is -0.0646. The Balaban J connectivity index is 1.40. The van der Waals surface area contributed by atoms with Crippen LogP contribution in [0.3, 0.4) is 0 Å². The minimum atomic E-state index is 0.653. The quantitative estimate of drug-likeness (QED) is 0.612. The third-order valence-corrected chi connectivity index (χ3v) is 8.16. The van der Waals surface area contributed by atoms with Gasteiger partial charge in [-0.3, -0.25) is 11.3 Å². The largest absolute Gasteiger partial charge is 0.271 e. The van der Waals surface area contributed by atoms with Crippen LogP contribution < -0.4 is 11.3 Å². The molecule has 4 unspecified atom stereocenters. The second kappa shape index (κ2) is 4.46. The van der Waals surface area contributed by atoms with Gasteiger partial charge in [-0.05, 0) is 98.7 Å². The van der Waals surface area contributed by atoms with Gasteiger partial charge in [0, 0.05) is 6.04 Å². The van der Waals surface area contributed by atoms with Crippen molar-refractivity contribution < 1.29 is 0 Å². The predicted octanol–water partition coefficient (Wildman–Crippen LogP) is 3.33. The fourth-order valence-corrected chi connectivity index (χ4v) is 7.81. The van der Waals surface area contributed by atoms with Crippen LogP contribution in [0, 0.1) is 47.3 Å². The van der Waals surface area contributed by atoms with Crippen molar-refractivity contribution in [3.05, 3.63) is 0 Å². The lowest BCUT2D eigenvalue weighted by atomic mass is 9.49. The third kappa shape index (κ3) is 1.70. The van der Waals surface area contributed by atoms with E-state index in [0.29, 0.717) is 6.04 Å². The van der Waals surface area contributed by atoms with Crippen LogP contribution in [0.25, 0.3) is 0 Å². The highest BCUT2D eigenvalue weighted by Gasteiger charge is 2.54. The highest BCUT2D eigenvalue weighted by atomic mass is 15.2. The summed E-state index contributed by atoms with van der Waals surface area (Å²) >= 11 is 0. The number of nitrogens with two attached hydrogens (primary N) is 1. The summed E-state index contributed by atoms with van der Waals surface area (Å²) in [6.07, 6.45) is 13.7. The summed E-state index contributed by atoms with van der Waals surface area (Å²) in [4.78, 5) is 0.